The lowest BCUT2D eigenvalue weighted by molar-refractivity contribution is 0.248. The first-order valence-corrected chi connectivity index (χ1v) is 10.2. The number of hydrogen-bond acceptors (Lipinski definition) is 9. The standard InChI is InChI=1S/C18H16Cl2FN9O/c19-13-10(8-11(21)14(20)23-13)9-28-3-5-29(6-4-28)17-25-16(22)30-18(26-17)24-15(27-30)12-2-1-7-31-12/h1-2,7-8H,3-6,9H2,(H2,22,24,25,26,27). The fraction of sp³-hybridized carbons (Fsp3) is 0.278. The summed E-state index contributed by atoms with van der Waals surface area (Å²) >= 11 is 11.8. The summed E-state index contributed by atoms with van der Waals surface area (Å²) in [6.07, 6.45) is 1.54. The van der Waals surface area contributed by atoms with Gasteiger partial charge in [-0.25, -0.2) is 9.37 Å². The van der Waals surface area contributed by atoms with Crippen molar-refractivity contribution in [1.29, 1.82) is 0 Å². The summed E-state index contributed by atoms with van der Waals surface area (Å²) in [6, 6.07) is 4.83. The Kier molecular flexibility index (Phi) is 5.08. The van der Waals surface area contributed by atoms with E-state index < -0.39 is 5.82 Å². The van der Waals surface area contributed by atoms with Gasteiger partial charge >= 0.3 is 0 Å². The minimum absolute atomic E-state index is 0.183. The highest BCUT2D eigenvalue weighted by atomic mass is 35.5. The monoisotopic (exact) mass is 463 g/mol. The lowest BCUT2D eigenvalue weighted by Crippen LogP contribution is -2.46. The molecule has 0 atom stereocenters. The molecule has 0 bridgehead atoms. The quantitative estimate of drug-likeness (QED) is 0.455. The number of furan rings is 1. The molecule has 5 rings (SSSR count). The molecule has 4 aromatic rings. The van der Waals surface area contributed by atoms with Crippen molar-refractivity contribution in [3.8, 4) is 11.6 Å². The molecule has 0 aliphatic carbocycles. The van der Waals surface area contributed by atoms with Gasteiger partial charge in [0.05, 0.1) is 6.26 Å². The van der Waals surface area contributed by atoms with E-state index in [2.05, 4.69) is 29.9 Å². The summed E-state index contributed by atoms with van der Waals surface area (Å²) in [5, 5.41) is 4.27. The summed E-state index contributed by atoms with van der Waals surface area (Å²) in [7, 11) is 0. The van der Waals surface area contributed by atoms with Crippen molar-refractivity contribution in [2.75, 3.05) is 36.8 Å². The predicted molar refractivity (Wildman–Crippen MR) is 112 cm³/mol. The molecular weight excluding hydrogens is 448 g/mol. The molecular formula is C18H16Cl2FN9O. The van der Waals surface area contributed by atoms with E-state index in [-0.39, 0.29) is 16.3 Å². The van der Waals surface area contributed by atoms with Crippen molar-refractivity contribution in [2.24, 2.45) is 0 Å². The number of pyridine rings is 1. The first-order valence-electron chi connectivity index (χ1n) is 9.40. The second-order valence-corrected chi connectivity index (χ2v) is 7.70. The summed E-state index contributed by atoms with van der Waals surface area (Å²) < 4.78 is 20.4. The minimum atomic E-state index is -0.584. The minimum Gasteiger partial charge on any atom is -0.461 e. The number of rotatable bonds is 4. The number of anilines is 2. The van der Waals surface area contributed by atoms with Crippen molar-refractivity contribution in [2.45, 2.75) is 6.54 Å². The van der Waals surface area contributed by atoms with Crippen molar-refractivity contribution in [3.05, 3.63) is 46.1 Å². The Balaban J connectivity index is 1.31. The van der Waals surface area contributed by atoms with E-state index in [1.165, 1.54) is 10.6 Å². The predicted octanol–water partition coefficient (Wildman–Crippen LogP) is 2.52. The van der Waals surface area contributed by atoms with Gasteiger partial charge in [-0.15, -0.1) is 5.10 Å². The number of aromatic nitrogens is 6. The third kappa shape index (κ3) is 3.87. The van der Waals surface area contributed by atoms with Crippen molar-refractivity contribution < 1.29 is 8.81 Å². The molecule has 1 aliphatic rings. The Labute approximate surface area is 185 Å². The third-order valence-corrected chi connectivity index (χ3v) is 5.56. The fourth-order valence-electron chi connectivity index (χ4n) is 3.39. The molecule has 160 valence electrons. The topological polar surface area (TPSA) is 114 Å². The molecule has 1 saturated heterocycles. The lowest BCUT2D eigenvalue weighted by Gasteiger charge is -2.34. The van der Waals surface area contributed by atoms with Crippen LogP contribution in [0.5, 0.6) is 0 Å². The maximum absolute atomic E-state index is 13.7. The van der Waals surface area contributed by atoms with E-state index in [9.17, 15) is 4.39 Å². The zero-order valence-electron chi connectivity index (χ0n) is 16.0. The number of halogens is 3. The Hall–Kier alpha value is -3.02. The van der Waals surface area contributed by atoms with Crippen molar-refractivity contribution >= 4 is 40.9 Å². The van der Waals surface area contributed by atoms with Crippen molar-refractivity contribution in [1.82, 2.24) is 34.4 Å². The first kappa shape index (κ1) is 19.9. The van der Waals surface area contributed by atoms with Crippen LogP contribution >= 0.6 is 23.2 Å². The maximum Gasteiger partial charge on any atom is 0.259 e. The molecule has 31 heavy (non-hydrogen) atoms. The van der Waals surface area contributed by atoms with Crippen LogP contribution in [0, 0.1) is 5.82 Å². The highest BCUT2D eigenvalue weighted by molar-refractivity contribution is 6.32. The lowest BCUT2D eigenvalue weighted by atomic mass is 10.2. The van der Waals surface area contributed by atoms with E-state index in [0.29, 0.717) is 61.6 Å². The largest absolute Gasteiger partial charge is 0.461 e. The van der Waals surface area contributed by atoms with Crippen LogP contribution in [0.2, 0.25) is 10.3 Å². The van der Waals surface area contributed by atoms with Crippen LogP contribution in [0.1, 0.15) is 5.56 Å². The number of nitrogen functional groups attached to an aromatic ring is 1. The van der Waals surface area contributed by atoms with Gasteiger partial charge in [-0.05, 0) is 18.2 Å². The van der Waals surface area contributed by atoms with Crippen LogP contribution in [0.4, 0.5) is 16.3 Å². The summed E-state index contributed by atoms with van der Waals surface area (Å²) in [4.78, 5) is 21.2. The van der Waals surface area contributed by atoms with E-state index in [4.69, 9.17) is 33.4 Å². The molecule has 4 aromatic heterocycles. The van der Waals surface area contributed by atoms with Gasteiger partial charge in [0.25, 0.3) is 5.78 Å². The number of hydrogen-bond donors (Lipinski definition) is 1. The summed E-state index contributed by atoms with van der Waals surface area (Å²) in [5.74, 6) is 1.31. The van der Waals surface area contributed by atoms with Crippen molar-refractivity contribution in [3.63, 3.8) is 0 Å². The Bertz CT molecular complexity index is 1240. The molecule has 0 unspecified atom stereocenters. The smallest absolute Gasteiger partial charge is 0.259 e. The molecule has 2 N–H and O–H groups in total. The van der Waals surface area contributed by atoms with Gasteiger partial charge in [-0.3, -0.25) is 4.90 Å². The fourth-order valence-corrected chi connectivity index (χ4v) is 3.77. The maximum atomic E-state index is 13.7. The zero-order valence-corrected chi connectivity index (χ0v) is 17.6. The van der Waals surface area contributed by atoms with Gasteiger partial charge in [-0.1, -0.05) is 23.2 Å². The van der Waals surface area contributed by atoms with Crippen LogP contribution in [0.3, 0.4) is 0 Å². The van der Waals surface area contributed by atoms with E-state index in [1.807, 2.05) is 4.90 Å². The molecule has 0 amide bonds. The van der Waals surface area contributed by atoms with E-state index in [0.717, 1.165) is 0 Å². The summed E-state index contributed by atoms with van der Waals surface area (Å²) in [5.41, 5.74) is 6.67. The number of piperazine rings is 1. The molecule has 1 fully saturated rings. The highest BCUT2D eigenvalue weighted by Crippen LogP contribution is 2.23. The van der Waals surface area contributed by atoms with Gasteiger partial charge in [0.2, 0.25) is 17.7 Å². The van der Waals surface area contributed by atoms with Gasteiger partial charge in [0.1, 0.15) is 5.15 Å². The third-order valence-electron chi connectivity index (χ3n) is 4.97. The molecule has 0 aromatic carbocycles. The van der Waals surface area contributed by atoms with Gasteiger partial charge in [0.15, 0.2) is 16.7 Å². The molecule has 1 aliphatic heterocycles. The summed E-state index contributed by atoms with van der Waals surface area (Å²) in [6.45, 7) is 3.15. The number of nitrogens with zero attached hydrogens (tertiary/aromatic N) is 8. The van der Waals surface area contributed by atoms with Gasteiger partial charge in [-0.2, -0.15) is 19.5 Å². The highest BCUT2D eigenvalue weighted by Gasteiger charge is 2.23. The molecule has 0 spiro atoms. The SMILES string of the molecule is Nc1nc(N2CCN(Cc3cc(F)c(Cl)nc3Cl)CC2)nc2nc(-c3ccco3)nn12. The Morgan fingerprint density at radius 2 is 1.87 bits per heavy atom. The second-order valence-electron chi connectivity index (χ2n) is 6.98. The molecule has 0 radical (unpaired) electrons. The van der Waals surface area contributed by atoms with E-state index >= 15 is 0 Å². The van der Waals surface area contributed by atoms with Crippen LogP contribution in [-0.4, -0.2) is 60.6 Å². The van der Waals surface area contributed by atoms with Crippen LogP contribution in [0.15, 0.2) is 28.9 Å². The van der Waals surface area contributed by atoms with Gasteiger partial charge < -0.3 is 15.1 Å². The molecule has 13 heteroatoms. The average Bonchev–Trinajstić information content (AvgIpc) is 3.42. The van der Waals surface area contributed by atoms with Crippen LogP contribution in [0.25, 0.3) is 17.4 Å². The number of fused-ring (bicyclic) bond motifs is 1. The van der Waals surface area contributed by atoms with Crippen LogP contribution in [-0.2, 0) is 6.54 Å². The van der Waals surface area contributed by atoms with E-state index in [1.54, 1.807) is 18.4 Å². The zero-order chi connectivity index (χ0) is 21.5. The Morgan fingerprint density at radius 1 is 1.06 bits per heavy atom. The normalized spacial score (nSPS) is 15.1. The molecule has 0 saturated carbocycles. The second kappa shape index (κ2) is 7.91. The first-order chi connectivity index (χ1) is 15.0. The average molecular weight is 464 g/mol. The number of nitrogens with two attached hydrogens (primary N) is 1. The molecule has 10 nitrogen and oxygen atoms in total. The molecule has 5 heterocycles. The van der Waals surface area contributed by atoms with Gasteiger partial charge in [0, 0.05) is 38.3 Å². The Morgan fingerprint density at radius 3 is 2.61 bits per heavy atom. The van der Waals surface area contributed by atoms with Crippen LogP contribution < -0.4 is 10.6 Å².